The van der Waals surface area contributed by atoms with Crippen LogP contribution in [-0.2, 0) is 0 Å². The molecule has 1 aromatic rings. The molecule has 0 aliphatic heterocycles. The van der Waals surface area contributed by atoms with Gasteiger partial charge in [0.1, 0.15) is 6.26 Å². The highest BCUT2D eigenvalue weighted by Gasteiger charge is 2.25. The minimum Gasteiger partial charge on any atom is -0.446 e. The van der Waals surface area contributed by atoms with Gasteiger partial charge in [0.2, 0.25) is 5.89 Å². The van der Waals surface area contributed by atoms with Crippen LogP contribution in [0.3, 0.4) is 0 Å². The van der Waals surface area contributed by atoms with E-state index in [0.29, 0.717) is 17.6 Å². The number of nitrogens with one attached hydrogen (secondary N) is 1. The van der Waals surface area contributed by atoms with Gasteiger partial charge in [0.25, 0.3) is 5.91 Å². The van der Waals surface area contributed by atoms with Crippen LogP contribution in [-0.4, -0.2) is 28.9 Å². The molecule has 5 nitrogen and oxygen atoms in total. The Labute approximate surface area is 105 Å². The number of carbonyl (C=O) groups excluding carboxylic acids is 1. The van der Waals surface area contributed by atoms with E-state index in [1.54, 1.807) is 11.8 Å². The Morgan fingerprint density at radius 1 is 1.76 bits per heavy atom. The highest BCUT2D eigenvalue weighted by atomic mass is 32.2. The second-order valence-electron chi connectivity index (χ2n) is 4.21. The van der Waals surface area contributed by atoms with Crippen LogP contribution < -0.4 is 11.1 Å². The van der Waals surface area contributed by atoms with Gasteiger partial charge in [-0.25, -0.2) is 4.98 Å². The summed E-state index contributed by atoms with van der Waals surface area (Å²) in [4.78, 5) is 15.8. The smallest absolute Gasteiger partial charge is 0.273 e. The zero-order valence-corrected chi connectivity index (χ0v) is 10.6. The molecule has 1 aromatic heterocycles. The molecule has 1 saturated carbocycles. The summed E-state index contributed by atoms with van der Waals surface area (Å²) in [5.41, 5.74) is 6.23. The Kier molecular flexibility index (Phi) is 4.06. The first-order chi connectivity index (χ1) is 8.20. The van der Waals surface area contributed by atoms with Gasteiger partial charge in [-0.3, -0.25) is 4.79 Å². The van der Waals surface area contributed by atoms with Gasteiger partial charge in [0.05, 0.1) is 6.04 Å². The highest BCUT2D eigenvalue weighted by molar-refractivity contribution is 7.98. The molecule has 2 rings (SSSR count). The summed E-state index contributed by atoms with van der Waals surface area (Å²) in [6.45, 7) is 0. The van der Waals surface area contributed by atoms with Crippen molar-refractivity contribution >= 4 is 17.7 Å². The van der Waals surface area contributed by atoms with Crippen LogP contribution in [0.1, 0.15) is 41.7 Å². The van der Waals surface area contributed by atoms with E-state index in [2.05, 4.69) is 10.3 Å². The van der Waals surface area contributed by atoms with E-state index in [-0.39, 0.29) is 11.9 Å². The minimum atomic E-state index is -0.232. The van der Waals surface area contributed by atoms with E-state index in [9.17, 15) is 4.79 Å². The van der Waals surface area contributed by atoms with Crippen LogP contribution >= 0.6 is 11.8 Å². The molecular formula is C11H17N3O2S. The maximum absolute atomic E-state index is 11.7. The number of amides is 1. The van der Waals surface area contributed by atoms with E-state index in [1.807, 2.05) is 6.26 Å². The first kappa shape index (κ1) is 12.4. The quantitative estimate of drug-likeness (QED) is 0.801. The lowest BCUT2D eigenvalue weighted by Crippen LogP contribution is -2.25. The van der Waals surface area contributed by atoms with E-state index in [4.69, 9.17) is 10.2 Å². The zero-order chi connectivity index (χ0) is 12.3. The summed E-state index contributed by atoms with van der Waals surface area (Å²) in [6.07, 6.45) is 6.32. The third kappa shape index (κ3) is 3.47. The van der Waals surface area contributed by atoms with Crippen LogP contribution in [0, 0.1) is 0 Å². The first-order valence-corrected chi connectivity index (χ1v) is 7.11. The van der Waals surface area contributed by atoms with Crippen LogP contribution in [0.5, 0.6) is 0 Å². The lowest BCUT2D eigenvalue weighted by molar-refractivity contribution is 0.0946. The van der Waals surface area contributed by atoms with Crippen LogP contribution in [0.4, 0.5) is 0 Å². The second kappa shape index (κ2) is 5.55. The van der Waals surface area contributed by atoms with Crippen LogP contribution in [0.2, 0.25) is 0 Å². The fourth-order valence-corrected chi connectivity index (χ4v) is 1.91. The van der Waals surface area contributed by atoms with Crippen molar-refractivity contribution in [1.82, 2.24) is 10.3 Å². The number of aromatic nitrogens is 1. The predicted octanol–water partition coefficient (Wildman–Crippen LogP) is 1.32. The SMILES string of the molecule is CSCCC(N)c1nc(C(=O)NC2CC2)co1. The molecule has 0 saturated heterocycles. The van der Waals surface area contributed by atoms with Crippen molar-refractivity contribution in [2.75, 3.05) is 12.0 Å². The number of nitrogens with two attached hydrogens (primary N) is 1. The number of nitrogens with zero attached hydrogens (tertiary/aromatic N) is 1. The fourth-order valence-electron chi connectivity index (χ4n) is 1.42. The Bertz CT molecular complexity index is 390. The molecule has 17 heavy (non-hydrogen) atoms. The normalized spacial score (nSPS) is 16.8. The average molecular weight is 255 g/mol. The van der Waals surface area contributed by atoms with Gasteiger partial charge in [0, 0.05) is 6.04 Å². The van der Waals surface area contributed by atoms with Crippen molar-refractivity contribution in [3.63, 3.8) is 0 Å². The molecule has 0 aromatic carbocycles. The van der Waals surface area contributed by atoms with Gasteiger partial charge < -0.3 is 15.5 Å². The van der Waals surface area contributed by atoms with E-state index in [0.717, 1.165) is 25.0 Å². The standard InChI is InChI=1S/C11H17N3O2S/c1-17-5-4-8(12)11-14-9(6-16-11)10(15)13-7-2-3-7/h6-8H,2-5,12H2,1H3,(H,13,15). The monoisotopic (exact) mass is 255 g/mol. The molecule has 1 aliphatic rings. The largest absolute Gasteiger partial charge is 0.446 e. The molecular weight excluding hydrogens is 238 g/mol. The highest BCUT2D eigenvalue weighted by Crippen LogP contribution is 2.20. The third-order valence-electron chi connectivity index (χ3n) is 2.62. The summed E-state index contributed by atoms with van der Waals surface area (Å²) >= 11 is 1.73. The molecule has 6 heteroatoms. The van der Waals surface area contributed by atoms with E-state index >= 15 is 0 Å². The van der Waals surface area contributed by atoms with Crippen LogP contribution in [0.25, 0.3) is 0 Å². The summed E-state index contributed by atoms with van der Waals surface area (Å²) in [6, 6.07) is 0.0951. The Morgan fingerprint density at radius 2 is 2.53 bits per heavy atom. The molecule has 1 amide bonds. The Balaban J connectivity index is 1.91. The van der Waals surface area contributed by atoms with Gasteiger partial charge in [-0.15, -0.1) is 0 Å². The third-order valence-corrected chi connectivity index (χ3v) is 3.26. The number of oxazole rings is 1. The summed E-state index contributed by atoms with van der Waals surface area (Å²) in [7, 11) is 0. The molecule has 1 atom stereocenters. The van der Waals surface area contributed by atoms with Gasteiger partial charge >= 0.3 is 0 Å². The molecule has 3 N–H and O–H groups in total. The lowest BCUT2D eigenvalue weighted by Gasteiger charge is -2.04. The second-order valence-corrected chi connectivity index (χ2v) is 5.19. The first-order valence-electron chi connectivity index (χ1n) is 5.71. The van der Waals surface area contributed by atoms with E-state index < -0.39 is 0 Å². The number of carbonyl (C=O) groups is 1. The summed E-state index contributed by atoms with van der Waals surface area (Å²) in [5, 5.41) is 2.86. The Hall–Kier alpha value is -1.01. The summed E-state index contributed by atoms with van der Waals surface area (Å²) in [5.74, 6) is 1.23. The topological polar surface area (TPSA) is 81.1 Å². The fraction of sp³-hybridized carbons (Fsp3) is 0.636. The van der Waals surface area contributed by atoms with Crippen molar-refractivity contribution in [1.29, 1.82) is 0 Å². The van der Waals surface area contributed by atoms with Gasteiger partial charge in [0.15, 0.2) is 5.69 Å². The van der Waals surface area contributed by atoms with Crippen LogP contribution in [0.15, 0.2) is 10.7 Å². The van der Waals surface area contributed by atoms with Crippen molar-refractivity contribution in [2.45, 2.75) is 31.3 Å². The predicted molar refractivity (Wildman–Crippen MR) is 66.9 cm³/mol. The van der Waals surface area contributed by atoms with Crippen molar-refractivity contribution in [2.24, 2.45) is 5.73 Å². The zero-order valence-electron chi connectivity index (χ0n) is 9.81. The maximum Gasteiger partial charge on any atom is 0.273 e. The molecule has 0 radical (unpaired) electrons. The molecule has 1 heterocycles. The van der Waals surface area contributed by atoms with Gasteiger partial charge in [-0.1, -0.05) is 0 Å². The van der Waals surface area contributed by atoms with Gasteiger partial charge in [-0.2, -0.15) is 11.8 Å². The molecule has 1 aliphatic carbocycles. The number of rotatable bonds is 6. The maximum atomic E-state index is 11.7. The Morgan fingerprint density at radius 3 is 3.18 bits per heavy atom. The van der Waals surface area contributed by atoms with Crippen molar-refractivity contribution in [3.8, 4) is 0 Å². The van der Waals surface area contributed by atoms with Crippen molar-refractivity contribution < 1.29 is 9.21 Å². The number of hydrogen-bond acceptors (Lipinski definition) is 5. The molecule has 1 unspecified atom stereocenters. The van der Waals surface area contributed by atoms with E-state index in [1.165, 1.54) is 6.26 Å². The molecule has 0 spiro atoms. The number of hydrogen-bond donors (Lipinski definition) is 2. The minimum absolute atomic E-state index is 0.167. The summed E-state index contributed by atoms with van der Waals surface area (Å²) < 4.78 is 5.24. The molecule has 1 fully saturated rings. The average Bonchev–Trinajstić information content (AvgIpc) is 2.99. The number of thioether (sulfide) groups is 1. The lowest BCUT2D eigenvalue weighted by atomic mass is 10.2. The van der Waals surface area contributed by atoms with Gasteiger partial charge in [-0.05, 0) is 31.3 Å². The molecule has 94 valence electrons. The molecule has 0 bridgehead atoms. The van der Waals surface area contributed by atoms with Crippen molar-refractivity contribution in [3.05, 3.63) is 17.8 Å².